The number of hydrogen-bond acceptors (Lipinski definition) is 2. The molecule has 0 saturated heterocycles. The van der Waals surface area contributed by atoms with Crippen LogP contribution >= 0.6 is 0 Å². The number of aromatic nitrogens is 1. The third-order valence-electron chi connectivity index (χ3n) is 4.22. The van der Waals surface area contributed by atoms with Crippen molar-refractivity contribution >= 4 is 10.9 Å². The van der Waals surface area contributed by atoms with E-state index in [4.69, 9.17) is 4.74 Å². The zero-order valence-corrected chi connectivity index (χ0v) is 12.0. The summed E-state index contributed by atoms with van der Waals surface area (Å²) in [5, 5.41) is 1.16. The van der Waals surface area contributed by atoms with Crippen molar-refractivity contribution in [3.8, 4) is 17.0 Å². The molecule has 1 fully saturated rings. The normalized spacial score (nSPS) is 14.7. The van der Waals surface area contributed by atoms with Gasteiger partial charge in [-0.1, -0.05) is 0 Å². The van der Waals surface area contributed by atoms with Gasteiger partial charge in [-0.2, -0.15) is 0 Å². The average Bonchev–Trinajstić information content (AvgIpc) is 3.31. The molecule has 0 spiro atoms. The molecule has 1 aromatic rings. The number of ether oxygens (including phenoxy) is 1. The summed E-state index contributed by atoms with van der Waals surface area (Å²) < 4.78 is 7.92. The van der Waals surface area contributed by atoms with Gasteiger partial charge in [0.25, 0.3) is 0 Å². The molecule has 0 aromatic heterocycles. The highest BCUT2D eigenvalue weighted by Crippen LogP contribution is 2.31. The molecule has 106 valence electrons. The quantitative estimate of drug-likeness (QED) is 0.688. The summed E-state index contributed by atoms with van der Waals surface area (Å²) in [4.78, 5) is 11.6. The molecule has 3 heteroatoms. The van der Waals surface area contributed by atoms with E-state index in [1.807, 2.05) is 19.2 Å². The monoisotopic (exact) mass is 279 g/mol. The van der Waals surface area contributed by atoms with E-state index >= 15 is 0 Å². The van der Waals surface area contributed by atoms with Gasteiger partial charge in [0.1, 0.15) is 5.75 Å². The molecule has 2 aliphatic carbocycles. The minimum absolute atomic E-state index is 0.0404. The summed E-state index contributed by atoms with van der Waals surface area (Å²) in [6.45, 7) is 0.813. The van der Waals surface area contributed by atoms with Crippen LogP contribution in [0.3, 0.4) is 0 Å². The van der Waals surface area contributed by atoms with Crippen molar-refractivity contribution in [2.75, 3.05) is 6.61 Å². The molecular weight excluding hydrogens is 262 g/mol. The molecule has 0 unspecified atom stereocenters. The van der Waals surface area contributed by atoms with Crippen LogP contribution in [0.4, 0.5) is 0 Å². The Bertz CT molecular complexity index is 846. The first-order valence-electron chi connectivity index (χ1n) is 7.37. The van der Waals surface area contributed by atoms with Crippen LogP contribution in [0.5, 0.6) is 5.75 Å². The number of aryl methyl sites for hydroxylation is 1. The predicted octanol–water partition coefficient (Wildman–Crippen LogP) is 3.43. The Balaban J connectivity index is 1.85. The van der Waals surface area contributed by atoms with Crippen LogP contribution in [-0.4, -0.2) is 11.2 Å². The second-order valence-electron chi connectivity index (χ2n) is 5.90. The van der Waals surface area contributed by atoms with Crippen LogP contribution in [0.25, 0.3) is 22.2 Å². The molecule has 4 rings (SSSR count). The summed E-state index contributed by atoms with van der Waals surface area (Å²) in [5.41, 5.74) is 3.16. The Kier molecular flexibility index (Phi) is 2.74. The van der Waals surface area contributed by atoms with Gasteiger partial charge in [-0.3, -0.25) is 4.79 Å². The predicted molar refractivity (Wildman–Crippen MR) is 84.0 cm³/mol. The van der Waals surface area contributed by atoms with Gasteiger partial charge in [0, 0.05) is 19.2 Å². The topological polar surface area (TPSA) is 31.2 Å². The Morgan fingerprint density at radius 3 is 2.81 bits per heavy atom. The fourth-order valence-corrected chi connectivity index (χ4v) is 2.76. The Hall–Kier alpha value is -2.29. The minimum atomic E-state index is 0.0404. The van der Waals surface area contributed by atoms with Gasteiger partial charge in [0.2, 0.25) is 0 Å². The second kappa shape index (κ2) is 4.62. The van der Waals surface area contributed by atoms with Crippen LogP contribution in [-0.2, 0) is 7.05 Å². The van der Waals surface area contributed by atoms with Gasteiger partial charge in [-0.05, 0) is 60.0 Å². The number of fused-ring (bicyclic) bond motifs is 2. The summed E-state index contributed by atoms with van der Waals surface area (Å²) in [5.74, 6) is 1.65. The highest BCUT2D eigenvalue weighted by molar-refractivity contribution is 5.87. The van der Waals surface area contributed by atoms with Gasteiger partial charge in [0.05, 0.1) is 17.8 Å². The Morgan fingerprint density at radius 1 is 1.14 bits per heavy atom. The molecule has 3 aliphatic rings. The van der Waals surface area contributed by atoms with Crippen molar-refractivity contribution in [2.24, 2.45) is 13.0 Å². The highest BCUT2D eigenvalue weighted by atomic mass is 16.5. The molecule has 0 atom stereocenters. The first-order valence-corrected chi connectivity index (χ1v) is 7.37. The summed E-state index contributed by atoms with van der Waals surface area (Å²) in [6, 6.07) is 13.5. The van der Waals surface area contributed by atoms with E-state index in [9.17, 15) is 4.79 Å². The lowest BCUT2D eigenvalue weighted by Gasteiger charge is -2.16. The van der Waals surface area contributed by atoms with Crippen LogP contribution in [0.1, 0.15) is 12.8 Å². The van der Waals surface area contributed by atoms with Crippen LogP contribution in [0, 0.1) is 5.92 Å². The lowest BCUT2D eigenvalue weighted by atomic mass is 10.1. The molecule has 0 bridgehead atoms. The number of rotatable bonds is 3. The molecule has 0 amide bonds. The van der Waals surface area contributed by atoms with Crippen molar-refractivity contribution in [3.05, 3.63) is 52.7 Å². The standard InChI is InChI=1S/C18H17NO2/c1-19-17-9-15(20)6-4-13(17)8-14-5-7-16(10-18(14)19)21-11-12-2-3-12/h4-10,12H,2-3,11H2,1H3. The van der Waals surface area contributed by atoms with E-state index in [2.05, 4.69) is 22.8 Å². The molecule has 21 heavy (non-hydrogen) atoms. The fourth-order valence-electron chi connectivity index (χ4n) is 2.76. The van der Waals surface area contributed by atoms with Crippen LogP contribution in [0.15, 0.2) is 47.3 Å². The van der Waals surface area contributed by atoms with Crippen molar-refractivity contribution in [1.29, 1.82) is 0 Å². The minimum Gasteiger partial charge on any atom is -0.493 e. The third-order valence-corrected chi connectivity index (χ3v) is 4.22. The number of pyridine rings is 1. The number of nitrogens with zero attached hydrogens (tertiary/aromatic N) is 1. The smallest absolute Gasteiger partial charge is 0.180 e. The zero-order valence-electron chi connectivity index (χ0n) is 12.0. The van der Waals surface area contributed by atoms with Gasteiger partial charge < -0.3 is 9.30 Å². The van der Waals surface area contributed by atoms with Crippen molar-refractivity contribution < 1.29 is 4.74 Å². The van der Waals surface area contributed by atoms with Crippen molar-refractivity contribution in [3.63, 3.8) is 0 Å². The lowest BCUT2D eigenvalue weighted by Crippen LogP contribution is -2.06. The van der Waals surface area contributed by atoms with E-state index in [0.717, 1.165) is 40.4 Å². The van der Waals surface area contributed by atoms with Gasteiger partial charge in [-0.25, -0.2) is 0 Å². The number of benzene rings is 2. The maximum Gasteiger partial charge on any atom is 0.180 e. The summed E-state index contributed by atoms with van der Waals surface area (Å²) in [6.07, 6.45) is 2.58. The zero-order chi connectivity index (χ0) is 14.4. The third kappa shape index (κ3) is 2.29. The van der Waals surface area contributed by atoms with Crippen molar-refractivity contribution in [2.45, 2.75) is 12.8 Å². The van der Waals surface area contributed by atoms with Gasteiger partial charge >= 0.3 is 0 Å². The maximum atomic E-state index is 11.6. The molecule has 3 nitrogen and oxygen atoms in total. The van der Waals surface area contributed by atoms with E-state index in [1.165, 1.54) is 12.8 Å². The average molecular weight is 279 g/mol. The Morgan fingerprint density at radius 2 is 2.00 bits per heavy atom. The van der Waals surface area contributed by atoms with Crippen LogP contribution in [0.2, 0.25) is 0 Å². The SMILES string of the molecule is Cn1c2cc(=O)ccc-2cc2ccc(OCC3CC3)cc21. The van der Waals surface area contributed by atoms with Crippen LogP contribution < -0.4 is 10.2 Å². The molecule has 1 saturated carbocycles. The van der Waals surface area contributed by atoms with Gasteiger partial charge in [-0.15, -0.1) is 0 Å². The molecule has 1 aliphatic heterocycles. The first kappa shape index (κ1) is 12.5. The fraction of sp³-hybridized carbons (Fsp3) is 0.278. The number of hydrogen-bond donors (Lipinski definition) is 0. The first-order chi connectivity index (χ1) is 10.2. The molecule has 0 N–H and O–H groups in total. The van der Waals surface area contributed by atoms with E-state index in [0.29, 0.717) is 0 Å². The summed E-state index contributed by atoms with van der Waals surface area (Å²) in [7, 11) is 1.99. The van der Waals surface area contributed by atoms with E-state index in [1.54, 1.807) is 12.1 Å². The van der Waals surface area contributed by atoms with Gasteiger partial charge in [0.15, 0.2) is 5.43 Å². The summed E-state index contributed by atoms with van der Waals surface area (Å²) >= 11 is 0. The molecule has 1 aromatic carbocycles. The van der Waals surface area contributed by atoms with E-state index < -0.39 is 0 Å². The molecule has 1 heterocycles. The van der Waals surface area contributed by atoms with E-state index in [-0.39, 0.29) is 5.43 Å². The molecular formula is C18H17NO2. The second-order valence-corrected chi connectivity index (χ2v) is 5.90. The maximum absolute atomic E-state index is 11.6. The largest absolute Gasteiger partial charge is 0.493 e. The highest BCUT2D eigenvalue weighted by Gasteiger charge is 2.22. The lowest BCUT2D eigenvalue weighted by molar-refractivity contribution is 0.300. The molecule has 0 radical (unpaired) electrons. The Labute approximate surface area is 123 Å². The van der Waals surface area contributed by atoms with Crippen molar-refractivity contribution in [1.82, 2.24) is 4.57 Å².